The molecule has 7 heteroatoms. The molecule has 3 rings (SSSR count). The van der Waals surface area contributed by atoms with E-state index in [9.17, 15) is 0 Å². The van der Waals surface area contributed by atoms with Gasteiger partial charge in [0, 0.05) is 26.0 Å². The lowest BCUT2D eigenvalue weighted by Crippen LogP contribution is -2.38. The Morgan fingerprint density at radius 2 is 1.93 bits per heavy atom. The summed E-state index contributed by atoms with van der Waals surface area (Å²) in [5.41, 5.74) is 2.22. The normalized spacial score (nSPS) is 12.4. The van der Waals surface area contributed by atoms with E-state index < -0.39 is 0 Å². The van der Waals surface area contributed by atoms with Crippen LogP contribution >= 0.6 is 35.3 Å². The molecule has 0 fully saturated rings. The molecule has 150 valence electrons. The molecule has 1 unspecified atom stereocenters. The van der Waals surface area contributed by atoms with Gasteiger partial charge in [-0.05, 0) is 36.2 Å². The molecule has 5 nitrogen and oxygen atoms in total. The SMILES string of the molecule is CCNC(=NCc1csc(N(C)C)n1)NC(C)c1ccc2ccccc2c1.I. The van der Waals surface area contributed by atoms with Crippen molar-refractivity contribution in [2.45, 2.75) is 26.4 Å². The van der Waals surface area contributed by atoms with Gasteiger partial charge >= 0.3 is 0 Å². The summed E-state index contributed by atoms with van der Waals surface area (Å²) in [7, 11) is 4.01. The van der Waals surface area contributed by atoms with Gasteiger partial charge in [-0.15, -0.1) is 35.3 Å². The molecule has 0 amide bonds. The van der Waals surface area contributed by atoms with Crippen LogP contribution in [0.4, 0.5) is 5.13 Å². The van der Waals surface area contributed by atoms with E-state index in [1.807, 2.05) is 19.0 Å². The van der Waals surface area contributed by atoms with Crippen molar-refractivity contribution < 1.29 is 0 Å². The molecule has 0 spiro atoms. The Hall–Kier alpha value is -1.87. The van der Waals surface area contributed by atoms with Crippen molar-refractivity contribution in [2.24, 2.45) is 4.99 Å². The minimum absolute atomic E-state index is 0. The van der Waals surface area contributed by atoms with Crippen LogP contribution in [0.15, 0.2) is 52.8 Å². The standard InChI is InChI=1S/C21H27N5S.HI/c1-5-22-20(23-13-19-14-27-21(25-19)26(3)4)24-15(2)17-11-10-16-8-6-7-9-18(16)12-17;/h6-12,14-15H,5,13H2,1-4H3,(H2,22,23,24);1H. The van der Waals surface area contributed by atoms with Gasteiger partial charge in [0.25, 0.3) is 0 Å². The number of benzene rings is 2. The Labute approximate surface area is 188 Å². The summed E-state index contributed by atoms with van der Waals surface area (Å²) in [5.74, 6) is 0.803. The molecule has 0 aliphatic heterocycles. The van der Waals surface area contributed by atoms with Crippen LogP contribution in [0.5, 0.6) is 0 Å². The van der Waals surface area contributed by atoms with E-state index in [1.165, 1.54) is 16.3 Å². The number of nitrogens with one attached hydrogen (secondary N) is 2. The van der Waals surface area contributed by atoms with Gasteiger partial charge < -0.3 is 15.5 Å². The largest absolute Gasteiger partial charge is 0.357 e. The summed E-state index contributed by atoms with van der Waals surface area (Å²) >= 11 is 1.64. The fourth-order valence-corrected chi connectivity index (χ4v) is 3.57. The average Bonchev–Trinajstić information content (AvgIpc) is 3.15. The molecule has 2 N–H and O–H groups in total. The molecule has 0 bridgehead atoms. The number of guanidine groups is 1. The first-order valence-corrected chi connectivity index (χ1v) is 10.1. The van der Waals surface area contributed by atoms with Crippen LogP contribution in [-0.4, -0.2) is 31.6 Å². The van der Waals surface area contributed by atoms with E-state index >= 15 is 0 Å². The topological polar surface area (TPSA) is 52.6 Å². The number of aliphatic imine (C=N–C) groups is 1. The van der Waals surface area contributed by atoms with Crippen molar-refractivity contribution in [1.29, 1.82) is 0 Å². The van der Waals surface area contributed by atoms with E-state index in [2.05, 4.69) is 77.3 Å². The highest BCUT2D eigenvalue weighted by Crippen LogP contribution is 2.21. The third-order valence-corrected chi connectivity index (χ3v) is 5.35. The molecule has 3 aromatic rings. The zero-order chi connectivity index (χ0) is 19.2. The van der Waals surface area contributed by atoms with Gasteiger partial charge in [0.1, 0.15) is 0 Å². The van der Waals surface area contributed by atoms with Gasteiger partial charge in [0.2, 0.25) is 0 Å². The second-order valence-electron chi connectivity index (χ2n) is 6.68. The second-order valence-corrected chi connectivity index (χ2v) is 7.52. The van der Waals surface area contributed by atoms with Crippen LogP contribution in [0.3, 0.4) is 0 Å². The molecular formula is C21H28IN5S. The van der Waals surface area contributed by atoms with Crippen LogP contribution < -0.4 is 15.5 Å². The number of anilines is 1. The minimum atomic E-state index is 0. The van der Waals surface area contributed by atoms with Gasteiger partial charge in [-0.1, -0.05) is 36.4 Å². The molecule has 2 aromatic carbocycles. The van der Waals surface area contributed by atoms with Crippen molar-refractivity contribution in [2.75, 3.05) is 25.5 Å². The summed E-state index contributed by atoms with van der Waals surface area (Å²) < 4.78 is 0. The molecule has 1 atom stereocenters. The number of nitrogens with zero attached hydrogens (tertiary/aromatic N) is 3. The Morgan fingerprint density at radius 1 is 1.18 bits per heavy atom. The summed E-state index contributed by atoms with van der Waals surface area (Å²) in [4.78, 5) is 11.3. The molecule has 0 aliphatic rings. The van der Waals surface area contributed by atoms with Crippen molar-refractivity contribution in [3.63, 3.8) is 0 Å². The molecule has 0 saturated carbocycles. The highest BCUT2D eigenvalue weighted by molar-refractivity contribution is 14.0. The monoisotopic (exact) mass is 509 g/mol. The van der Waals surface area contributed by atoms with Crippen molar-refractivity contribution in [3.05, 3.63) is 59.1 Å². The number of fused-ring (bicyclic) bond motifs is 1. The van der Waals surface area contributed by atoms with Crippen LogP contribution in [0.2, 0.25) is 0 Å². The van der Waals surface area contributed by atoms with E-state index in [1.54, 1.807) is 11.3 Å². The van der Waals surface area contributed by atoms with Crippen molar-refractivity contribution in [1.82, 2.24) is 15.6 Å². The predicted molar refractivity (Wildman–Crippen MR) is 132 cm³/mol. The summed E-state index contributed by atoms with van der Waals surface area (Å²) in [6.07, 6.45) is 0. The zero-order valence-corrected chi connectivity index (χ0v) is 19.9. The first-order chi connectivity index (χ1) is 13.1. The Morgan fingerprint density at radius 3 is 2.61 bits per heavy atom. The van der Waals surface area contributed by atoms with Gasteiger partial charge in [-0.2, -0.15) is 0 Å². The van der Waals surface area contributed by atoms with Crippen molar-refractivity contribution >= 4 is 57.2 Å². The van der Waals surface area contributed by atoms with Crippen LogP contribution in [-0.2, 0) is 6.54 Å². The van der Waals surface area contributed by atoms with E-state index in [0.29, 0.717) is 6.54 Å². The Bertz CT molecular complexity index is 922. The van der Waals surface area contributed by atoms with Crippen LogP contribution in [0.1, 0.15) is 31.1 Å². The third kappa shape index (κ3) is 5.81. The molecule has 1 heterocycles. The summed E-state index contributed by atoms with van der Waals surface area (Å²) in [6.45, 7) is 5.61. The lowest BCUT2D eigenvalue weighted by atomic mass is 10.0. The van der Waals surface area contributed by atoms with Crippen molar-refractivity contribution in [3.8, 4) is 0 Å². The maximum absolute atomic E-state index is 4.70. The van der Waals surface area contributed by atoms with E-state index in [-0.39, 0.29) is 30.0 Å². The molecular weight excluding hydrogens is 481 g/mol. The quantitative estimate of drug-likeness (QED) is 0.285. The molecule has 1 aromatic heterocycles. The molecule has 28 heavy (non-hydrogen) atoms. The third-order valence-electron chi connectivity index (χ3n) is 4.29. The van der Waals surface area contributed by atoms with Gasteiger partial charge in [0.15, 0.2) is 11.1 Å². The van der Waals surface area contributed by atoms with Gasteiger partial charge in [0.05, 0.1) is 18.3 Å². The van der Waals surface area contributed by atoms with Crippen LogP contribution in [0.25, 0.3) is 10.8 Å². The Kier molecular flexibility index (Phi) is 8.50. The zero-order valence-electron chi connectivity index (χ0n) is 16.8. The smallest absolute Gasteiger partial charge is 0.192 e. The predicted octanol–water partition coefficient (Wildman–Crippen LogP) is 4.80. The fraction of sp³-hybridized carbons (Fsp3) is 0.333. The minimum Gasteiger partial charge on any atom is -0.357 e. The van der Waals surface area contributed by atoms with E-state index in [4.69, 9.17) is 4.99 Å². The van der Waals surface area contributed by atoms with E-state index in [0.717, 1.165) is 23.3 Å². The lowest BCUT2D eigenvalue weighted by molar-refractivity contribution is 0.686. The highest BCUT2D eigenvalue weighted by atomic mass is 127. The first kappa shape index (κ1) is 22.4. The van der Waals surface area contributed by atoms with Gasteiger partial charge in [-0.3, -0.25) is 0 Å². The number of halogens is 1. The Balaban J connectivity index is 0.00000280. The molecule has 0 radical (unpaired) electrons. The van der Waals surface area contributed by atoms with Gasteiger partial charge in [-0.25, -0.2) is 9.98 Å². The molecule has 0 saturated heterocycles. The average molecular weight is 509 g/mol. The first-order valence-electron chi connectivity index (χ1n) is 9.22. The van der Waals surface area contributed by atoms with Crippen LogP contribution in [0, 0.1) is 0 Å². The molecule has 0 aliphatic carbocycles. The fourth-order valence-electron chi connectivity index (χ4n) is 2.82. The highest BCUT2D eigenvalue weighted by Gasteiger charge is 2.09. The number of rotatable bonds is 6. The second kappa shape index (κ2) is 10.6. The number of aromatic nitrogens is 1. The number of hydrogen-bond donors (Lipinski definition) is 2. The maximum atomic E-state index is 4.70. The number of thiazole rings is 1. The maximum Gasteiger partial charge on any atom is 0.192 e. The number of hydrogen-bond acceptors (Lipinski definition) is 4. The lowest BCUT2D eigenvalue weighted by Gasteiger charge is -2.18. The summed E-state index contributed by atoms with van der Waals surface area (Å²) in [5, 5.41) is 12.4. The summed E-state index contributed by atoms with van der Waals surface area (Å²) in [6, 6.07) is 15.2.